The Morgan fingerprint density at radius 1 is 1.60 bits per heavy atom. The summed E-state index contributed by atoms with van der Waals surface area (Å²) in [6.07, 6.45) is 1.14. The summed E-state index contributed by atoms with van der Waals surface area (Å²) in [6.45, 7) is 2.68. The van der Waals surface area contributed by atoms with E-state index in [4.69, 9.17) is 10.5 Å². The van der Waals surface area contributed by atoms with Crippen molar-refractivity contribution in [3.8, 4) is 0 Å². The molecule has 2 rings (SSSR count). The van der Waals surface area contributed by atoms with Crippen molar-refractivity contribution < 1.29 is 13.9 Å². The number of rotatable bonds is 5. The molecule has 0 spiro atoms. The van der Waals surface area contributed by atoms with Crippen LogP contribution in [0.25, 0.3) is 0 Å². The molecule has 0 radical (unpaired) electrons. The molecule has 1 unspecified atom stereocenters. The molecule has 1 fully saturated rings. The SMILES string of the molecule is CCOC(=O)c1cc(NCC2CCSC2)c(F)cc1N. The minimum atomic E-state index is -0.524. The Labute approximate surface area is 122 Å². The molecule has 4 nitrogen and oxygen atoms in total. The van der Waals surface area contributed by atoms with Gasteiger partial charge in [-0.25, -0.2) is 9.18 Å². The van der Waals surface area contributed by atoms with Crippen LogP contribution in [0.15, 0.2) is 12.1 Å². The van der Waals surface area contributed by atoms with E-state index in [0.29, 0.717) is 18.2 Å². The zero-order chi connectivity index (χ0) is 14.5. The topological polar surface area (TPSA) is 64.3 Å². The number of esters is 1. The third kappa shape index (κ3) is 3.56. The number of ether oxygens (including phenoxy) is 1. The summed E-state index contributed by atoms with van der Waals surface area (Å²) in [6, 6.07) is 2.60. The molecule has 1 aliphatic heterocycles. The van der Waals surface area contributed by atoms with Gasteiger partial charge in [0.25, 0.3) is 0 Å². The molecule has 1 aliphatic rings. The van der Waals surface area contributed by atoms with Gasteiger partial charge in [-0.3, -0.25) is 0 Å². The number of thioether (sulfide) groups is 1. The van der Waals surface area contributed by atoms with Gasteiger partial charge in [0.1, 0.15) is 5.82 Å². The maximum absolute atomic E-state index is 13.9. The smallest absolute Gasteiger partial charge is 0.340 e. The van der Waals surface area contributed by atoms with Gasteiger partial charge in [-0.1, -0.05) is 0 Å². The summed E-state index contributed by atoms with van der Waals surface area (Å²) in [4.78, 5) is 11.7. The quantitative estimate of drug-likeness (QED) is 0.646. The Morgan fingerprint density at radius 2 is 2.40 bits per heavy atom. The zero-order valence-corrected chi connectivity index (χ0v) is 12.3. The maximum Gasteiger partial charge on any atom is 0.340 e. The van der Waals surface area contributed by atoms with Crippen LogP contribution in [0.2, 0.25) is 0 Å². The first kappa shape index (κ1) is 15.0. The van der Waals surface area contributed by atoms with Crippen LogP contribution < -0.4 is 11.1 Å². The van der Waals surface area contributed by atoms with Gasteiger partial charge in [0.15, 0.2) is 0 Å². The third-order valence-corrected chi connectivity index (χ3v) is 4.47. The Morgan fingerprint density at radius 3 is 3.05 bits per heavy atom. The van der Waals surface area contributed by atoms with Crippen LogP contribution in [-0.2, 0) is 4.74 Å². The molecule has 0 amide bonds. The highest BCUT2D eigenvalue weighted by molar-refractivity contribution is 7.99. The van der Waals surface area contributed by atoms with Gasteiger partial charge < -0.3 is 15.8 Å². The summed E-state index contributed by atoms with van der Waals surface area (Å²) >= 11 is 1.91. The maximum atomic E-state index is 13.9. The first-order valence-corrected chi connectivity index (χ1v) is 7.85. The first-order valence-electron chi connectivity index (χ1n) is 6.69. The van der Waals surface area contributed by atoms with Gasteiger partial charge in [-0.2, -0.15) is 11.8 Å². The Hall–Kier alpha value is -1.43. The lowest BCUT2D eigenvalue weighted by atomic mass is 10.1. The van der Waals surface area contributed by atoms with Crippen molar-refractivity contribution in [2.24, 2.45) is 5.92 Å². The molecule has 0 bridgehead atoms. The molecule has 1 heterocycles. The van der Waals surface area contributed by atoms with Crippen molar-refractivity contribution in [3.63, 3.8) is 0 Å². The van der Waals surface area contributed by atoms with E-state index in [9.17, 15) is 9.18 Å². The van der Waals surface area contributed by atoms with E-state index < -0.39 is 11.8 Å². The largest absolute Gasteiger partial charge is 0.462 e. The number of hydrogen-bond donors (Lipinski definition) is 2. The molecule has 1 aromatic carbocycles. The molecule has 6 heteroatoms. The monoisotopic (exact) mass is 298 g/mol. The van der Waals surface area contributed by atoms with Crippen LogP contribution >= 0.6 is 11.8 Å². The lowest BCUT2D eigenvalue weighted by Crippen LogP contribution is -2.16. The molecule has 1 aromatic rings. The highest BCUT2D eigenvalue weighted by Crippen LogP contribution is 2.26. The molecular formula is C14H19FN2O2S. The van der Waals surface area contributed by atoms with E-state index in [0.717, 1.165) is 24.0 Å². The number of carbonyl (C=O) groups is 1. The zero-order valence-electron chi connectivity index (χ0n) is 11.4. The van der Waals surface area contributed by atoms with Crippen LogP contribution in [0.3, 0.4) is 0 Å². The van der Waals surface area contributed by atoms with Gasteiger partial charge in [0.05, 0.1) is 17.9 Å². The van der Waals surface area contributed by atoms with Crippen molar-refractivity contribution in [3.05, 3.63) is 23.5 Å². The molecule has 0 aromatic heterocycles. The van der Waals surface area contributed by atoms with Crippen LogP contribution in [0, 0.1) is 11.7 Å². The van der Waals surface area contributed by atoms with E-state index in [2.05, 4.69) is 5.32 Å². The lowest BCUT2D eigenvalue weighted by molar-refractivity contribution is 0.0527. The first-order chi connectivity index (χ1) is 9.61. The van der Waals surface area contributed by atoms with Gasteiger partial charge in [0, 0.05) is 12.2 Å². The number of nitrogen functional groups attached to an aromatic ring is 1. The minimum Gasteiger partial charge on any atom is -0.462 e. The fraction of sp³-hybridized carbons (Fsp3) is 0.500. The van der Waals surface area contributed by atoms with Gasteiger partial charge >= 0.3 is 5.97 Å². The number of anilines is 2. The van der Waals surface area contributed by atoms with E-state index in [1.807, 2.05) is 11.8 Å². The summed E-state index contributed by atoms with van der Waals surface area (Å²) < 4.78 is 18.8. The van der Waals surface area contributed by atoms with E-state index in [-0.39, 0.29) is 17.9 Å². The second-order valence-corrected chi connectivity index (χ2v) is 5.90. The summed E-state index contributed by atoms with van der Waals surface area (Å²) in [5.41, 5.74) is 6.28. The van der Waals surface area contributed by atoms with Crippen LogP contribution in [0.4, 0.5) is 15.8 Å². The molecule has 0 saturated carbocycles. The fourth-order valence-electron chi connectivity index (χ4n) is 2.11. The Bertz CT molecular complexity index is 490. The standard InChI is InChI=1S/C14H19FN2O2S/c1-2-19-14(18)10-5-13(11(15)6-12(10)16)17-7-9-3-4-20-8-9/h5-6,9,17H,2-4,7-8,16H2,1H3. The highest BCUT2D eigenvalue weighted by atomic mass is 32.2. The number of nitrogens with one attached hydrogen (secondary N) is 1. The van der Waals surface area contributed by atoms with Crippen LogP contribution in [0.1, 0.15) is 23.7 Å². The van der Waals surface area contributed by atoms with Gasteiger partial charge in [-0.05, 0) is 42.9 Å². The normalized spacial score (nSPS) is 18.0. The van der Waals surface area contributed by atoms with Crippen molar-refractivity contribution >= 4 is 29.1 Å². The number of benzene rings is 1. The molecule has 1 saturated heterocycles. The molecule has 110 valence electrons. The number of halogens is 1. The molecule has 1 atom stereocenters. The summed E-state index contributed by atoms with van der Waals surface area (Å²) in [5, 5.41) is 3.07. The Kier molecular flexibility index (Phi) is 5.11. The van der Waals surface area contributed by atoms with Crippen molar-refractivity contribution in [1.82, 2.24) is 0 Å². The Balaban J connectivity index is 2.10. The lowest BCUT2D eigenvalue weighted by Gasteiger charge is -2.14. The van der Waals surface area contributed by atoms with Crippen LogP contribution in [-0.4, -0.2) is 30.6 Å². The van der Waals surface area contributed by atoms with E-state index in [1.54, 1.807) is 6.92 Å². The average Bonchev–Trinajstić information content (AvgIpc) is 2.91. The van der Waals surface area contributed by atoms with E-state index >= 15 is 0 Å². The molecule has 0 aliphatic carbocycles. The highest BCUT2D eigenvalue weighted by Gasteiger charge is 2.18. The average molecular weight is 298 g/mol. The fourth-order valence-corrected chi connectivity index (χ4v) is 3.39. The third-order valence-electron chi connectivity index (χ3n) is 3.24. The van der Waals surface area contributed by atoms with Crippen molar-refractivity contribution in [2.75, 3.05) is 35.7 Å². The van der Waals surface area contributed by atoms with Crippen molar-refractivity contribution in [2.45, 2.75) is 13.3 Å². The predicted octanol–water partition coefficient (Wildman–Crippen LogP) is 2.75. The van der Waals surface area contributed by atoms with E-state index in [1.165, 1.54) is 6.07 Å². The van der Waals surface area contributed by atoms with Gasteiger partial charge in [-0.15, -0.1) is 0 Å². The predicted molar refractivity (Wildman–Crippen MR) is 80.7 cm³/mol. The van der Waals surface area contributed by atoms with Crippen molar-refractivity contribution in [1.29, 1.82) is 0 Å². The molecule has 20 heavy (non-hydrogen) atoms. The number of nitrogens with two attached hydrogens (primary N) is 1. The molecule has 3 N–H and O–H groups in total. The van der Waals surface area contributed by atoms with Crippen LogP contribution in [0.5, 0.6) is 0 Å². The second-order valence-electron chi connectivity index (χ2n) is 4.75. The minimum absolute atomic E-state index is 0.0999. The number of carbonyl (C=O) groups excluding carboxylic acids is 1. The molecular weight excluding hydrogens is 279 g/mol. The number of hydrogen-bond acceptors (Lipinski definition) is 5. The second kappa shape index (κ2) is 6.83. The summed E-state index contributed by atoms with van der Waals surface area (Å²) in [5.74, 6) is 1.83. The summed E-state index contributed by atoms with van der Waals surface area (Å²) in [7, 11) is 0. The van der Waals surface area contributed by atoms with Gasteiger partial charge in [0.2, 0.25) is 0 Å².